The standard InChI is InChI=1S/C10H9FO/c11-9-6-5-7-3-1-2-4-8(7)10(9)12/h1-6,9-10,12H. The molecule has 2 unspecified atom stereocenters. The van der Waals surface area contributed by atoms with Gasteiger partial charge >= 0.3 is 0 Å². The highest BCUT2D eigenvalue weighted by molar-refractivity contribution is 5.58. The van der Waals surface area contributed by atoms with Crippen molar-refractivity contribution in [3.8, 4) is 0 Å². The largest absolute Gasteiger partial charge is 0.385 e. The number of hydrogen-bond acceptors (Lipinski definition) is 1. The Labute approximate surface area is 70.2 Å². The van der Waals surface area contributed by atoms with E-state index in [4.69, 9.17) is 0 Å². The van der Waals surface area contributed by atoms with Crippen molar-refractivity contribution in [1.82, 2.24) is 0 Å². The molecule has 0 spiro atoms. The Balaban J connectivity index is 2.52. The van der Waals surface area contributed by atoms with Crippen LogP contribution < -0.4 is 0 Å². The molecule has 0 radical (unpaired) electrons. The van der Waals surface area contributed by atoms with Gasteiger partial charge in [-0.3, -0.25) is 0 Å². The first kappa shape index (κ1) is 7.50. The molecule has 0 fully saturated rings. The number of aliphatic hydroxyl groups excluding tert-OH is 1. The quantitative estimate of drug-likeness (QED) is 0.622. The molecule has 0 heterocycles. The van der Waals surface area contributed by atoms with E-state index in [1.807, 2.05) is 12.1 Å². The zero-order chi connectivity index (χ0) is 8.55. The topological polar surface area (TPSA) is 20.2 Å². The molecule has 1 aliphatic carbocycles. The van der Waals surface area contributed by atoms with Gasteiger partial charge in [0.1, 0.15) is 12.3 Å². The van der Waals surface area contributed by atoms with Gasteiger partial charge in [-0.15, -0.1) is 0 Å². The number of benzene rings is 1. The van der Waals surface area contributed by atoms with Crippen LogP contribution in [0.3, 0.4) is 0 Å². The molecule has 0 bridgehead atoms. The van der Waals surface area contributed by atoms with Crippen LogP contribution in [-0.4, -0.2) is 11.3 Å². The Morgan fingerprint density at radius 3 is 2.83 bits per heavy atom. The normalized spacial score (nSPS) is 26.8. The first-order chi connectivity index (χ1) is 5.79. The summed E-state index contributed by atoms with van der Waals surface area (Å²) < 4.78 is 12.9. The van der Waals surface area contributed by atoms with Crippen LogP contribution in [-0.2, 0) is 0 Å². The summed E-state index contributed by atoms with van der Waals surface area (Å²) in [7, 11) is 0. The predicted molar refractivity (Wildman–Crippen MR) is 45.3 cm³/mol. The minimum absolute atomic E-state index is 0.674. The number of alkyl halides is 1. The van der Waals surface area contributed by atoms with E-state index in [-0.39, 0.29) is 0 Å². The van der Waals surface area contributed by atoms with Crippen LogP contribution in [0.1, 0.15) is 17.2 Å². The predicted octanol–water partition coefficient (Wildman–Crippen LogP) is 2.08. The lowest BCUT2D eigenvalue weighted by Crippen LogP contribution is -2.15. The zero-order valence-electron chi connectivity index (χ0n) is 6.44. The molecular formula is C10H9FO. The highest BCUT2D eigenvalue weighted by atomic mass is 19.1. The highest BCUT2D eigenvalue weighted by Gasteiger charge is 2.22. The molecule has 2 heteroatoms. The third-order valence-electron chi connectivity index (χ3n) is 2.08. The van der Waals surface area contributed by atoms with Crippen LogP contribution in [0.2, 0.25) is 0 Å². The molecule has 0 aliphatic heterocycles. The van der Waals surface area contributed by atoms with E-state index in [1.54, 1.807) is 18.2 Å². The van der Waals surface area contributed by atoms with Crippen LogP contribution in [0.25, 0.3) is 6.08 Å². The monoisotopic (exact) mass is 164 g/mol. The SMILES string of the molecule is OC1c2ccccc2C=CC1F. The van der Waals surface area contributed by atoms with Crippen molar-refractivity contribution in [3.63, 3.8) is 0 Å². The molecule has 62 valence electrons. The molecule has 0 amide bonds. The fourth-order valence-corrected chi connectivity index (χ4v) is 1.40. The van der Waals surface area contributed by atoms with Gasteiger partial charge in [-0.25, -0.2) is 4.39 Å². The lowest BCUT2D eigenvalue weighted by Gasteiger charge is -2.19. The average molecular weight is 164 g/mol. The fraction of sp³-hybridized carbons (Fsp3) is 0.200. The minimum Gasteiger partial charge on any atom is -0.385 e. The van der Waals surface area contributed by atoms with E-state index in [2.05, 4.69) is 0 Å². The number of rotatable bonds is 0. The van der Waals surface area contributed by atoms with Gasteiger partial charge in [-0.1, -0.05) is 30.3 Å². The Hall–Kier alpha value is -1.15. The van der Waals surface area contributed by atoms with Gasteiger partial charge in [0.15, 0.2) is 0 Å². The van der Waals surface area contributed by atoms with Crippen molar-refractivity contribution in [2.24, 2.45) is 0 Å². The molecule has 2 atom stereocenters. The Kier molecular flexibility index (Phi) is 1.70. The maximum atomic E-state index is 12.9. The van der Waals surface area contributed by atoms with Crippen LogP contribution in [0, 0.1) is 0 Å². The minimum atomic E-state index is -1.26. The lowest BCUT2D eigenvalue weighted by atomic mass is 9.94. The summed E-state index contributed by atoms with van der Waals surface area (Å²) in [6.45, 7) is 0. The molecule has 0 aromatic heterocycles. The smallest absolute Gasteiger partial charge is 0.149 e. The molecule has 1 nitrogen and oxygen atoms in total. The van der Waals surface area contributed by atoms with Gasteiger partial charge in [0.05, 0.1) is 0 Å². The molecule has 2 rings (SSSR count). The van der Waals surface area contributed by atoms with Crippen LogP contribution in [0.15, 0.2) is 30.3 Å². The van der Waals surface area contributed by atoms with Gasteiger partial charge in [0, 0.05) is 0 Å². The van der Waals surface area contributed by atoms with Crippen molar-refractivity contribution < 1.29 is 9.50 Å². The third-order valence-corrected chi connectivity index (χ3v) is 2.08. The molecule has 0 saturated carbocycles. The molecule has 1 N–H and O–H groups in total. The third kappa shape index (κ3) is 1.04. The summed E-state index contributed by atoms with van der Waals surface area (Å²) in [5, 5.41) is 9.40. The van der Waals surface area contributed by atoms with Crippen molar-refractivity contribution >= 4 is 6.08 Å². The van der Waals surface area contributed by atoms with Gasteiger partial charge in [-0.05, 0) is 17.2 Å². The lowest BCUT2D eigenvalue weighted by molar-refractivity contribution is 0.102. The van der Waals surface area contributed by atoms with Gasteiger partial charge in [0.2, 0.25) is 0 Å². The van der Waals surface area contributed by atoms with E-state index >= 15 is 0 Å². The molecule has 12 heavy (non-hydrogen) atoms. The Morgan fingerprint density at radius 2 is 2.00 bits per heavy atom. The summed E-state index contributed by atoms with van der Waals surface area (Å²) in [5.74, 6) is 0. The number of aliphatic hydroxyl groups is 1. The zero-order valence-corrected chi connectivity index (χ0v) is 6.44. The summed E-state index contributed by atoms with van der Waals surface area (Å²) in [6.07, 6.45) is 0.825. The maximum absolute atomic E-state index is 12.9. The van der Waals surface area contributed by atoms with Gasteiger partial charge in [0.25, 0.3) is 0 Å². The summed E-state index contributed by atoms with van der Waals surface area (Å²) >= 11 is 0. The summed E-state index contributed by atoms with van der Waals surface area (Å²) in [4.78, 5) is 0. The second-order valence-electron chi connectivity index (χ2n) is 2.88. The number of hydrogen-bond donors (Lipinski definition) is 1. The summed E-state index contributed by atoms with van der Waals surface area (Å²) in [5.41, 5.74) is 1.58. The molecule has 1 aromatic rings. The first-order valence-electron chi connectivity index (χ1n) is 3.88. The van der Waals surface area contributed by atoms with Crippen LogP contribution in [0.4, 0.5) is 4.39 Å². The Morgan fingerprint density at radius 1 is 1.25 bits per heavy atom. The molecular weight excluding hydrogens is 155 g/mol. The van der Waals surface area contributed by atoms with Crippen molar-refractivity contribution in [2.75, 3.05) is 0 Å². The van der Waals surface area contributed by atoms with Crippen molar-refractivity contribution in [3.05, 3.63) is 41.5 Å². The molecule has 1 aromatic carbocycles. The van der Waals surface area contributed by atoms with E-state index in [0.717, 1.165) is 5.56 Å². The maximum Gasteiger partial charge on any atom is 0.149 e. The van der Waals surface area contributed by atoms with Crippen molar-refractivity contribution in [1.29, 1.82) is 0 Å². The number of fused-ring (bicyclic) bond motifs is 1. The van der Waals surface area contributed by atoms with Crippen molar-refractivity contribution in [2.45, 2.75) is 12.3 Å². The second-order valence-corrected chi connectivity index (χ2v) is 2.88. The number of halogens is 1. The molecule has 0 saturated heterocycles. The average Bonchev–Trinajstić information content (AvgIpc) is 2.12. The van der Waals surface area contributed by atoms with E-state index < -0.39 is 12.3 Å². The van der Waals surface area contributed by atoms with Crippen LogP contribution >= 0.6 is 0 Å². The first-order valence-corrected chi connectivity index (χ1v) is 3.88. The van der Waals surface area contributed by atoms with E-state index in [0.29, 0.717) is 5.56 Å². The highest BCUT2D eigenvalue weighted by Crippen LogP contribution is 2.29. The Bertz CT molecular complexity index is 319. The fourth-order valence-electron chi connectivity index (χ4n) is 1.40. The van der Waals surface area contributed by atoms with E-state index in [1.165, 1.54) is 6.08 Å². The van der Waals surface area contributed by atoms with Crippen LogP contribution in [0.5, 0.6) is 0 Å². The summed E-state index contributed by atoms with van der Waals surface area (Å²) in [6, 6.07) is 7.28. The second kappa shape index (κ2) is 2.72. The van der Waals surface area contributed by atoms with Gasteiger partial charge < -0.3 is 5.11 Å². The van der Waals surface area contributed by atoms with E-state index in [9.17, 15) is 9.50 Å². The van der Waals surface area contributed by atoms with Gasteiger partial charge in [-0.2, -0.15) is 0 Å². The molecule has 1 aliphatic rings.